The first-order valence-electron chi connectivity index (χ1n) is 6.04. The number of hydrogen-bond acceptors (Lipinski definition) is 0. The van der Waals surface area contributed by atoms with Gasteiger partial charge in [-0.05, 0) is 11.8 Å². The van der Waals surface area contributed by atoms with Crippen molar-refractivity contribution in [2.45, 2.75) is 73.6 Å². The van der Waals surface area contributed by atoms with Crippen LogP contribution in [0.25, 0.3) is 0 Å². The second-order valence-electron chi connectivity index (χ2n) is 4.72. The minimum Gasteiger partial charge on any atom is -0.0654 e. The van der Waals surface area contributed by atoms with Crippen molar-refractivity contribution in [3.63, 3.8) is 0 Å². The van der Waals surface area contributed by atoms with E-state index in [9.17, 15) is 0 Å². The van der Waals surface area contributed by atoms with E-state index >= 15 is 0 Å². The van der Waals surface area contributed by atoms with Crippen molar-refractivity contribution in [3.05, 3.63) is 0 Å². The molecule has 0 bridgehead atoms. The number of unbranched alkanes of at least 4 members (excludes halogenated alkanes) is 1. The first-order chi connectivity index (χ1) is 6.04. The van der Waals surface area contributed by atoms with Crippen molar-refractivity contribution in [1.82, 2.24) is 0 Å². The van der Waals surface area contributed by atoms with Gasteiger partial charge < -0.3 is 0 Å². The van der Waals surface area contributed by atoms with Crippen LogP contribution >= 0.6 is 0 Å². The lowest BCUT2D eigenvalue weighted by atomic mass is 10.1. The van der Waals surface area contributed by atoms with E-state index in [1.54, 1.807) is 0 Å². The fraction of sp³-hybridized carbons (Fsp3) is 1.00. The van der Waals surface area contributed by atoms with E-state index in [0.29, 0.717) is 0 Å². The van der Waals surface area contributed by atoms with E-state index in [1.807, 2.05) is 0 Å². The van der Waals surface area contributed by atoms with Gasteiger partial charge in [0.2, 0.25) is 0 Å². The Balaban J connectivity index is 0. The van der Waals surface area contributed by atoms with E-state index < -0.39 is 0 Å². The van der Waals surface area contributed by atoms with Gasteiger partial charge in [0.05, 0.1) is 0 Å². The molecule has 0 aromatic carbocycles. The Morgan fingerprint density at radius 2 is 1.15 bits per heavy atom. The molecule has 0 aromatic rings. The normalized spacial score (nSPS) is 10.2. The molecule has 0 aromatic heterocycles. The van der Waals surface area contributed by atoms with Crippen molar-refractivity contribution >= 4 is 0 Å². The Morgan fingerprint density at radius 1 is 0.692 bits per heavy atom. The molecule has 0 unspecified atom stereocenters. The van der Waals surface area contributed by atoms with Crippen LogP contribution in [0, 0.1) is 11.8 Å². The van der Waals surface area contributed by atoms with E-state index in [0.717, 1.165) is 11.8 Å². The van der Waals surface area contributed by atoms with E-state index in [-0.39, 0.29) is 0 Å². The van der Waals surface area contributed by atoms with Crippen LogP contribution < -0.4 is 0 Å². The predicted molar refractivity (Wildman–Crippen MR) is 64.1 cm³/mol. The van der Waals surface area contributed by atoms with Crippen LogP contribution in [0.3, 0.4) is 0 Å². The molecule has 0 aliphatic rings. The quantitative estimate of drug-likeness (QED) is 0.548. The van der Waals surface area contributed by atoms with E-state index in [4.69, 9.17) is 0 Å². The minimum atomic E-state index is 0.898. The van der Waals surface area contributed by atoms with Gasteiger partial charge in [0.1, 0.15) is 0 Å². The summed E-state index contributed by atoms with van der Waals surface area (Å²) in [4.78, 5) is 0. The Bertz CT molecular complexity index is 72.1. The molecule has 0 fully saturated rings. The maximum Gasteiger partial charge on any atom is -0.0471 e. The second-order valence-corrected chi connectivity index (χ2v) is 4.72. The van der Waals surface area contributed by atoms with E-state index in [1.165, 1.54) is 32.1 Å². The molecule has 13 heavy (non-hydrogen) atoms. The minimum absolute atomic E-state index is 0.898. The summed E-state index contributed by atoms with van der Waals surface area (Å²) >= 11 is 0. The lowest BCUT2D eigenvalue weighted by Gasteiger charge is -1.98. The molecule has 0 heterocycles. The Kier molecular flexibility index (Phi) is 14.3. The molecule has 0 atom stereocenters. The summed E-state index contributed by atoms with van der Waals surface area (Å²) in [5, 5.41) is 0. The third kappa shape index (κ3) is 24.5. The van der Waals surface area contributed by atoms with Gasteiger partial charge in [-0.15, -0.1) is 0 Å². The molecule has 0 aliphatic carbocycles. The molecule has 0 aliphatic heterocycles. The average molecular weight is 186 g/mol. The molecule has 0 rings (SSSR count). The topological polar surface area (TPSA) is 0 Å². The van der Waals surface area contributed by atoms with Crippen LogP contribution in [0.4, 0.5) is 0 Å². The molecule has 0 radical (unpaired) electrons. The van der Waals surface area contributed by atoms with Gasteiger partial charge in [0.25, 0.3) is 0 Å². The molecule has 0 amide bonds. The molecule has 0 N–H and O–H groups in total. The monoisotopic (exact) mass is 186 g/mol. The summed E-state index contributed by atoms with van der Waals surface area (Å²) < 4.78 is 0. The van der Waals surface area contributed by atoms with E-state index in [2.05, 4.69) is 41.5 Å². The lowest BCUT2D eigenvalue weighted by Crippen LogP contribution is -1.83. The molecule has 0 spiro atoms. The van der Waals surface area contributed by atoms with Gasteiger partial charge >= 0.3 is 0 Å². The van der Waals surface area contributed by atoms with Crippen LogP contribution in [0.5, 0.6) is 0 Å². The fourth-order valence-electron chi connectivity index (χ4n) is 1.19. The van der Waals surface area contributed by atoms with Gasteiger partial charge in [0.15, 0.2) is 0 Å². The zero-order valence-corrected chi connectivity index (χ0v) is 10.7. The van der Waals surface area contributed by atoms with Crippen molar-refractivity contribution in [3.8, 4) is 0 Å². The highest BCUT2D eigenvalue weighted by atomic mass is 13.9. The smallest absolute Gasteiger partial charge is 0.0471 e. The molecule has 0 saturated carbocycles. The zero-order valence-electron chi connectivity index (χ0n) is 10.7. The van der Waals surface area contributed by atoms with Gasteiger partial charge in [-0.1, -0.05) is 73.6 Å². The summed E-state index contributed by atoms with van der Waals surface area (Å²) in [6, 6.07) is 0. The van der Waals surface area contributed by atoms with Crippen molar-refractivity contribution in [1.29, 1.82) is 0 Å². The SMILES string of the molecule is CCCC(C)C.CCCCC(C)C. The highest BCUT2D eigenvalue weighted by molar-refractivity contribution is 4.42. The van der Waals surface area contributed by atoms with Crippen LogP contribution in [0.1, 0.15) is 73.6 Å². The largest absolute Gasteiger partial charge is 0.0654 e. The lowest BCUT2D eigenvalue weighted by molar-refractivity contribution is 0.550. The van der Waals surface area contributed by atoms with Crippen LogP contribution in [-0.2, 0) is 0 Å². The van der Waals surface area contributed by atoms with Gasteiger partial charge in [-0.3, -0.25) is 0 Å². The number of hydrogen-bond donors (Lipinski definition) is 0. The molecular formula is C13H30. The third-order valence-corrected chi connectivity index (χ3v) is 2.00. The Morgan fingerprint density at radius 3 is 1.23 bits per heavy atom. The maximum atomic E-state index is 2.27. The maximum absolute atomic E-state index is 2.27. The summed E-state index contributed by atoms with van der Waals surface area (Å²) in [6.07, 6.45) is 6.85. The highest BCUT2D eigenvalue weighted by Gasteiger charge is 1.88. The van der Waals surface area contributed by atoms with Crippen molar-refractivity contribution in [2.24, 2.45) is 11.8 Å². The predicted octanol–water partition coefficient (Wildman–Crippen LogP) is 5.28. The Labute approximate surface area is 86.1 Å². The number of rotatable bonds is 5. The second kappa shape index (κ2) is 12.0. The van der Waals surface area contributed by atoms with Crippen LogP contribution in [-0.4, -0.2) is 0 Å². The Hall–Kier alpha value is 0. The summed E-state index contributed by atoms with van der Waals surface area (Å²) in [5.41, 5.74) is 0. The summed E-state index contributed by atoms with van der Waals surface area (Å²) in [7, 11) is 0. The summed E-state index contributed by atoms with van der Waals surface area (Å²) in [6.45, 7) is 13.5. The van der Waals surface area contributed by atoms with Gasteiger partial charge in [-0.2, -0.15) is 0 Å². The molecule has 0 saturated heterocycles. The van der Waals surface area contributed by atoms with Crippen LogP contribution in [0.2, 0.25) is 0 Å². The standard InChI is InChI=1S/C7H16.C6H14/c1-4-5-6-7(2)3;1-4-5-6(2)3/h7H,4-6H2,1-3H3;6H,4-5H2,1-3H3. The first-order valence-corrected chi connectivity index (χ1v) is 6.04. The molecule has 82 valence electrons. The third-order valence-electron chi connectivity index (χ3n) is 2.00. The zero-order chi connectivity index (χ0) is 10.7. The highest BCUT2D eigenvalue weighted by Crippen LogP contribution is 2.04. The molecular weight excluding hydrogens is 156 g/mol. The summed E-state index contributed by atoms with van der Waals surface area (Å²) in [5.74, 6) is 1.80. The van der Waals surface area contributed by atoms with Crippen molar-refractivity contribution < 1.29 is 0 Å². The van der Waals surface area contributed by atoms with Gasteiger partial charge in [0, 0.05) is 0 Å². The fourth-order valence-corrected chi connectivity index (χ4v) is 1.19. The van der Waals surface area contributed by atoms with Crippen molar-refractivity contribution in [2.75, 3.05) is 0 Å². The average Bonchev–Trinajstić information content (AvgIpc) is 2.01. The molecule has 0 heteroatoms. The molecule has 0 nitrogen and oxygen atoms in total. The van der Waals surface area contributed by atoms with Crippen LogP contribution in [0.15, 0.2) is 0 Å². The van der Waals surface area contributed by atoms with Gasteiger partial charge in [-0.25, -0.2) is 0 Å². The first kappa shape index (κ1) is 15.5.